The molecule has 0 atom stereocenters. The smallest absolute Gasteiger partial charge is 0.0619 e. The third kappa shape index (κ3) is 5.73. The molecule has 12 aromatic carbocycles. The summed E-state index contributed by atoms with van der Waals surface area (Å²) in [6.07, 6.45) is 0. The number of rotatable bonds is 7. The molecule has 0 spiro atoms. The van der Waals surface area contributed by atoms with Crippen LogP contribution in [0.3, 0.4) is 0 Å². The molecule has 0 saturated heterocycles. The highest BCUT2D eigenvalue weighted by Crippen LogP contribution is 2.52. The Morgan fingerprint density at radius 3 is 1.11 bits per heavy atom. The average molecular weight is 789 g/mol. The maximum Gasteiger partial charge on any atom is 0.0619 e. The molecule has 2 heteroatoms. The summed E-state index contributed by atoms with van der Waals surface area (Å²) in [5.74, 6) is 0. The van der Waals surface area contributed by atoms with Crippen LogP contribution in [-0.4, -0.2) is 0 Å². The third-order valence-electron chi connectivity index (χ3n) is 12.5. The van der Waals surface area contributed by atoms with Gasteiger partial charge in [0.25, 0.3) is 0 Å². The lowest BCUT2D eigenvalue weighted by Gasteiger charge is -2.31. The first-order chi connectivity index (χ1) is 30.8. The van der Waals surface area contributed by atoms with E-state index in [-0.39, 0.29) is 0 Å². The fraction of sp³-hybridized carbons (Fsp3) is 0. The van der Waals surface area contributed by atoms with Crippen LogP contribution in [0.1, 0.15) is 0 Å². The van der Waals surface area contributed by atoms with E-state index in [1.165, 1.54) is 87.1 Å². The van der Waals surface area contributed by atoms with Gasteiger partial charge in [-0.2, -0.15) is 0 Å². The number of benzene rings is 12. The summed E-state index contributed by atoms with van der Waals surface area (Å²) in [7, 11) is 0. The summed E-state index contributed by atoms with van der Waals surface area (Å²) >= 11 is 0. The van der Waals surface area contributed by atoms with Crippen LogP contribution < -0.4 is 9.80 Å². The zero-order valence-corrected chi connectivity index (χ0v) is 34.0. The highest BCUT2D eigenvalue weighted by molar-refractivity contribution is 6.27. The van der Waals surface area contributed by atoms with Crippen LogP contribution in [-0.2, 0) is 0 Å². The van der Waals surface area contributed by atoms with Crippen molar-refractivity contribution in [2.75, 3.05) is 9.80 Å². The summed E-state index contributed by atoms with van der Waals surface area (Å²) < 4.78 is 0. The first-order valence-corrected chi connectivity index (χ1v) is 21.4. The predicted molar refractivity (Wildman–Crippen MR) is 266 cm³/mol. The topological polar surface area (TPSA) is 6.48 Å². The van der Waals surface area contributed by atoms with Crippen LogP contribution in [0.2, 0.25) is 0 Å². The molecule has 0 saturated carbocycles. The van der Waals surface area contributed by atoms with Gasteiger partial charge in [0, 0.05) is 43.7 Å². The van der Waals surface area contributed by atoms with Gasteiger partial charge in [-0.25, -0.2) is 0 Å². The fourth-order valence-corrected chi connectivity index (χ4v) is 9.90. The highest BCUT2D eigenvalue weighted by atomic mass is 15.2. The molecular formula is C60H40N2. The standard InChI is InChI=1S/C60H40N2/c1-3-25-44(26-4-1)61(56-38-17-23-41-20-7-10-29-46(41)56)59-48-31-12-9-22-43(48)40-55-51(36-19-37-54(55)59)58-49-32-13-15-34-52(49)60(53-35-16-14-33-50(53)58)62(45-27-5-2-6-28-45)57-39-18-24-42-21-8-11-30-47(42)57/h1-40H. The van der Waals surface area contributed by atoms with Gasteiger partial charge >= 0.3 is 0 Å². The minimum absolute atomic E-state index is 1.11. The molecule has 0 bridgehead atoms. The molecular weight excluding hydrogens is 749 g/mol. The Balaban J connectivity index is 1.19. The lowest BCUT2D eigenvalue weighted by molar-refractivity contribution is 1.32. The second-order valence-electron chi connectivity index (χ2n) is 16.0. The summed E-state index contributed by atoms with van der Waals surface area (Å²) in [5.41, 5.74) is 9.29. The van der Waals surface area contributed by atoms with Crippen molar-refractivity contribution in [1.29, 1.82) is 0 Å². The van der Waals surface area contributed by atoms with E-state index in [1.54, 1.807) is 0 Å². The minimum Gasteiger partial charge on any atom is -0.309 e. The van der Waals surface area contributed by atoms with Crippen LogP contribution in [0, 0.1) is 0 Å². The summed E-state index contributed by atoms with van der Waals surface area (Å²) in [5, 5.41) is 14.4. The number of hydrogen-bond donors (Lipinski definition) is 0. The van der Waals surface area contributed by atoms with E-state index in [9.17, 15) is 0 Å². The lowest BCUT2D eigenvalue weighted by Crippen LogP contribution is -2.12. The van der Waals surface area contributed by atoms with Crippen molar-refractivity contribution in [3.05, 3.63) is 243 Å². The van der Waals surface area contributed by atoms with Crippen molar-refractivity contribution in [3.63, 3.8) is 0 Å². The number of nitrogens with zero attached hydrogens (tertiary/aromatic N) is 2. The van der Waals surface area contributed by atoms with Gasteiger partial charge in [-0.05, 0) is 85.9 Å². The monoisotopic (exact) mass is 788 g/mol. The molecule has 0 aliphatic heterocycles. The van der Waals surface area contributed by atoms with Gasteiger partial charge in [-0.1, -0.05) is 200 Å². The van der Waals surface area contributed by atoms with Crippen LogP contribution in [0.15, 0.2) is 243 Å². The van der Waals surface area contributed by atoms with Gasteiger partial charge in [-0.3, -0.25) is 0 Å². The zero-order chi connectivity index (χ0) is 41.0. The normalized spacial score (nSPS) is 11.5. The second kappa shape index (κ2) is 14.8. The largest absolute Gasteiger partial charge is 0.309 e. The minimum atomic E-state index is 1.11. The Hall–Kier alpha value is -8.20. The Morgan fingerprint density at radius 2 is 0.581 bits per heavy atom. The molecule has 0 radical (unpaired) electrons. The van der Waals surface area contributed by atoms with Crippen molar-refractivity contribution < 1.29 is 0 Å². The van der Waals surface area contributed by atoms with Crippen molar-refractivity contribution >= 4 is 98.8 Å². The average Bonchev–Trinajstić information content (AvgIpc) is 3.34. The van der Waals surface area contributed by atoms with E-state index in [2.05, 4.69) is 252 Å². The summed E-state index contributed by atoms with van der Waals surface area (Å²) in [6, 6.07) is 88.7. The zero-order valence-electron chi connectivity index (χ0n) is 34.0. The van der Waals surface area contributed by atoms with Gasteiger partial charge in [-0.15, -0.1) is 0 Å². The van der Waals surface area contributed by atoms with Gasteiger partial charge in [0.15, 0.2) is 0 Å². The molecule has 0 aliphatic rings. The number of anilines is 6. The predicted octanol–water partition coefficient (Wildman–Crippen LogP) is 17.2. The molecule has 12 rings (SSSR count). The Bertz CT molecular complexity index is 3580. The second-order valence-corrected chi connectivity index (χ2v) is 16.0. The Labute approximate surface area is 360 Å². The van der Waals surface area contributed by atoms with E-state index in [4.69, 9.17) is 0 Å². The van der Waals surface area contributed by atoms with E-state index >= 15 is 0 Å². The van der Waals surface area contributed by atoms with E-state index in [0.29, 0.717) is 0 Å². The molecule has 12 aromatic rings. The molecule has 0 aliphatic carbocycles. The van der Waals surface area contributed by atoms with E-state index in [0.717, 1.165) is 22.7 Å². The molecule has 2 nitrogen and oxygen atoms in total. The first kappa shape index (κ1) is 35.7. The van der Waals surface area contributed by atoms with Gasteiger partial charge in [0.1, 0.15) is 0 Å². The molecule has 0 heterocycles. The number of hydrogen-bond acceptors (Lipinski definition) is 2. The number of para-hydroxylation sites is 2. The van der Waals surface area contributed by atoms with Crippen molar-refractivity contribution in [2.24, 2.45) is 0 Å². The summed E-state index contributed by atoms with van der Waals surface area (Å²) in [4.78, 5) is 4.96. The van der Waals surface area contributed by atoms with Crippen LogP contribution in [0.25, 0.3) is 75.8 Å². The molecule has 62 heavy (non-hydrogen) atoms. The lowest BCUT2D eigenvalue weighted by atomic mass is 9.86. The van der Waals surface area contributed by atoms with Gasteiger partial charge < -0.3 is 9.80 Å². The van der Waals surface area contributed by atoms with Crippen molar-refractivity contribution in [1.82, 2.24) is 0 Å². The maximum absolute atomic E-state index is 2.48. The van der Waals surface area contributed by atoms with Crippen molar-refractivity contribution in [3.8, 4) is 11.1 Å². The van der Waals surface area contributed by atoms with Crippen LogP contribution in [0.4, 0.5) is 34.1 Å². The number of fused-ring (bicyclic) bond motifs is 6. The van der Waals surface area contributed by atoms with E-state index in [1.807, 2.05) is 0 Å². The third-order valence-corrected chi connectivity index (χ3v) is 12.5. The van der Waals surface area contributed by atoms with Crippen molar-refractivity contribution in [2.45, 2.75) is 0 Å². The summed E-state index contributed by atoms with van der Waals surface area (Å²) in [6.45, 7) is 0. The van der Waals surface area contributed by atoms with E-state index < -0.39 is 0 Å². The van der Waals surface area contributed by atoms with Crippen LogP contribution >= 0.6 is 0 Å². The molecule has 0 fully saturated rings. The first-order valence-electron chi connectivity index (χ1n) is 21.4. The molecule has 0 aromatic heterocycles. The molecule has 0 amide bonds. The Morgan fingerprint density at radius 1 is 0.226 bits per heavy atom. The highest BCUT2D eigenvalue weighted by Gasteiger charge is 2.26. The molecule has 290 valence electrons. The van der Waals surface area contributed by atoms with Gasteiger partial charge in [0.2, 0.25) is 0 Å². The molecule has 0 unspecified atom stereocenters. The quantitative estimate of drug-likeness (QED) is 0.148. The maximum atomic E-state index is 2.48. The fourth-order valence-electron chi connectivity index (χ4n) is 9.90. The van der Waals surface area contributed by atoms with Gasteiger partial charge in [0.05, 0.1) is 22.7 Å². The SMILES string of the molecule is c1ccc(N(c2cccc3ccccc23)c2c3ccccc3cc3c(-c4c5ccccc5c(N(c5ccccc5)c5cccc6ccccc56)c5ccccc45)cccc23)cc1. The van der Waals surface area contributed by atoms with Crippen LogP contribution in [0.5, 0.6) is 0 Å². The molecule has 0 N–H and O–H groups in total. The Kier molecular flexibility index (Phi) is 8.53.